The number of rotatable bonds is 0. The van der Waals surface area contributed by atoms with Gasteiger partial charge in [0.1, 0.15) is 11.9 Å². The van der Waals surface area contributed by atoms with Crippen LogP contribution in [0.25, 0.3) is 11.1 Å². The molecule has 2 aromatic rings. The Kier molecular flexibility index (Phi) is 2.52. The number of likely N-dealkylation sites (N-methyl/N-ethyl adjacent to an activating group) is 1. The van der Waals surface area contributed by atoms with Crippen LogP contribution < -0.4 is 4.74 Å². The van der Waals surface area contributed by atoms with Gasteiger partial charge >= 0.3 is 0 Å². The van der Waals surface area contributed by atoms with Crippen LogP contribution in [0.5, 0.6) is 5.75 Å². The van der Waals surface area contributed by atoms with Gasteiger partial charge < -0.3 is 4.74 Å². The van der Waals surface area contributed by atoms with Crippen molar-refractivity contribution in [3.05, 3.63) is 52.6 Å². The Bertz CT molecular complexity index is 780. The van der Waals surface area contributed by atoms with Crippen molar-refractivity contribution in [2.75, 3.05) is 13.6 Å². The molecule has 0 fully saturated rings. The summed E-state index contributed by atoms with van der Waals surface area (Å²) in [5.74, 6) is 1.16. The van der Waals surface area contributed by atoms with Crippen molar-refractivity contribution in [3.8, 4) is 16.9 Å². The topological polar surface area (TPSA) is 12.5 Å². The van der Waals surface area contributed by atoms with E-state index in [2.05, 4.69) is 49.2 Å². The Balaban J connectivity index is 1.80. The molecule has 2 heterocycles. The molecular formula is C20H21NO. The van der Waals surface area contributed by atoms with Gasteiger partial charge in [-0.15, -0.1) is 0 Å². The zero-order valence-corrected chi connectivity index (χ0v) is 13.2. The summed E-state index contributed by atoms with van der Waals surface area (Å²) in [5, 5.41) is 0. The van der Waals surface area contributed by atoms with Gasteiger partial charge in [0.25, 0.3) is 0 Å². The maximum Gasteiger partial charge on any atom is 0.131 e. The van der Waals surface area contributed by atoms with Gasteiger partial charge in [-0.2, -0.15) is 0 Å². The number of hydrogen-bond donors (Lipinski definition) is 0. The highest BCUT2D eigenvalue weighted by atomic mass is 16.5. The van der Waals surface area contributed by atoms with Crippen molar-refractivity contribution < 1.29 is 4.74 Å². The minimum absolute atomic E-state index is 0.307. The fourth-order valence-electron chi connectivity index (χ4n) is 4.56. The average molecular weight is 291 g/mol. The first-order valence-corrected chi connectivity index (χ1v) is 8.36. The van der Waals surface area contributed by atoms with Crippen molar-refractivity contribution in [1.29, 1.82) is 0 Å². The standard InChI is InChI=1S/C20H21NO/c1-12-10-15-7-6-14-11-17-18-13(8-9-21(17)2)4-3-5-16(18)19(14)20(15)22-12/h3-7,12,17H,8-11H2,1-2H3/t12-,17+/m0/s1. The van der Waals surface area contributed by atoms with Gasteiger partial charge in [-0.05, 0) is 54.6 Å². The molecular weight excluding hydrogens is 270 g/mol. The second-order valence-corrected chi connectivity index (χ2v) is 7.05. The van der Waals surface area contributed by atoms with Crippen molar-refractivity contribution in [1.82, 2.24) is 4.90 Å². The Labute approximate surface area is 131 Å². The summed E-state index contributed by atoms with van der Waals surface area (Å²) >= 11 is 0. The molecule has 0 aromatic heterocycles. The highest BCUT2D eigenvalue weighted by Gasteiger charge is 2.35. The second-order valence-electron chi connectivity index (χ2n) is 7.05. The SMILES string of the molecule is C[C@H]1Cc2ccc3c(c2O1)-c1cccc2c1[C@@H](C3)N(C)CC2. The molecule has 0 amide bonds. The molecule has 0 spiro atoms. The van der Waals surface area contributed by atoms with E-state index in [0.29, 0.717) is 12.1 Å². The summed E-state index contributed by atoms with van der Waals surface area (Å²) in [6.45, 7) is 3.33. The number of ether oxygens (including phenoxy) is 1. The smallest absolute Gasteiger partial charge is 0.131 e. The van der Waals surface area contributed by atoms with E-state index < -0.39 is 0 Å². The van der Waals surface area contributed by atoms with Crippen LogP contribution >= 0.6 is 0 Å². The molecule has 1 aliphatic carbocycles. The van der Waals surface area contributed by atoms with Crippen LogP contribution in [0.15, 0.2) is 30.3 Å². The third-order valence-electron chi connectivity index (χ3n) is 5.63. The van der Waals surface area contributed by atoms with Crippen LogP contribution in [-0.2, 0) is 19.3 Å². The molecule has 2 nitrogen and oxygen atoms in total. The third-order valence-corrected chi connectivity index (χ3v) is 5.63. The average Bonchev–Trinajstić information content (AvgIpc) is 2.91. The van der Waals surface area contributed by atoms with Crippen molar-refractivity contribution in [2.45, 2.75) is 38.3 Å². The number of hydrogen-bond acceptors (Lipinski definition) is 2. The molecule has 5 rings (SSSR count). The molecule has 0 bridgehead atoms. The number of nitrogens with zero attached hydrogens (tertiary/aromatic N) is 1. The minimum atomic E-state index is 0.307. The fraction of sp³-hybridized carbons (Fsp3) is 0.400. The molecule has 0 unspecified atom stereocenters. The Hall–Kier alpha value is -1.80. The van der Waals surface area contributed by atoms with E-state index in [9.17, 15) is 0 Å². The Morgan fingerprint density at radius 2 is 1.91 bits per heavy atom. The number of fused-ring (bicyclic) bond motifs is 4. The number of benzene rings is 2. The molecule has 2 aromatic carbocycles. The van der Waals surface area contributed by atoms with Crippen molar-refractivity contribution in [2.24, 2.45) is 0 Å². The third kappa shape index (κ3) is 1.59. The molecule has 0 radical (unpaired) electrons. The van der Waals surface area contributed by atoms with E-state index in [4.69, 9.17) is 4.74 Å². The van der Waals surface area contributed by atoms with E-state index in [-0.39, 0.29) is 0 Å². The molecule has 0 saturated heterocycles. The lowest BCUT2D eigenvalue weighted by Crippen LogP contribution is -2.35. The quantitative estimate of drug-likeness (QED) is 0.733. The van der Waals surface area contributed by atoms with Gasteiger partial charge in [0.2, 0.25) is 0 Å². The zero-order valence-electron chi connectivity index (χ0n) is 13.2. The molecule has 3 aliphatic rings. The van der Waals surface area contributed by atoms with Gasteiger partial charge in [-0.3, -0.25) is 4.90 Å². The summed E-state index contributed by atoms with van der Waals surface area (Å²) in [7, 11) is 2.27. The van der Waals surface area contributed by atoms with Gasteiger partial charge in [-0.25, -0.2) is 0 Å². The van der Waals surface area contributed by atoms with Crippen molar-refractivity contribution in [3.63, 3.8) is 0 Å². The maximum atomic E-state index is 6.20. The maximum absolute atomic E-state index is 6.20. The predicted molar refractivity (Wildman–Crippen MR) is 88.5 cm³/mol. The van der Waals surface area contributed by atoms with Gasteiger partial charge in [0.15, 0.2) is 0 Å². The fourth-order valence-corrected chi connectivity index (χ4v) is 4.56. The molecule has 0 saturated carbocycles. The van der Waals surface area contributed by atoms with E-state index in [1.807, 2.05) is 0 Å². The van der Waals surface area contributed by atoms with Crippen molar-refractivity contribution >= 4 is 0 Å². The lowest BCUT2D eigenvalue weighted by molar-refractivity contribution is 0.227. The lowest BCUT2D eigenvalue weighted by atomic mass is 9.76. The first kappa shape index (κ1) is 12.7. The van der Waals surface area contributed by atoms with Crippen LogP contribution in [0.2, 0.25) is 0 Å². The largest absolute Gasteiger partial charge is 0.489 e. The van der Waals surface area contributed by atoms with Gasteiger partial charge in [-0.1, -0.05) is 30.3 Å². The molecule has 0 N–H and O–H groups in total. The molecule has 2 heteroatoms. The van der Waals surface area contributed by atoms with E-state index >= 15 is 0 Å². The van der Waals surface area contributed by atoms with Crippen LogP contribution in [-0.4, -0.2) is 24.6 Å². The molecule has 2 aliphatic heterocycles. The Morgan fingerprint density at radius 3 is 2.82 bits per heavy atom. The van der Waals surface area contributed by atoms with E-state index in [1.165, 1.54) is 27.8 Å². The molecule has 112 valence electrons. The van der Waals surface area contributed by atoms with Crippen LogP contribution in [0.3, 0.4) is 0 Å². The highest BCUT2D eigenvalue weighted by Crippen LogP contribution is 2.50. The van der Waals surface area contributed by atoms with Gasteiger partial charge in [0, 0.05) is 24.6 Å². The van der Waals surface area contributed by atoms with Crippen LogP contribution in [0.1, 0.15) is 35.2 Å². The minimum Gasteiger partial charge on any atom is -0.489 e. The summed E-state index contributed by atoms with van der Waals surface area (Å²) in [6, 6.07) is 12.0. The highest BCUT2D eigenvalue weighted by molar-refractivity contribution is 5.82. The van der Waals surface area contributed by atoms with Gasteiger partial charge in [0.05, 0.1) is 0 Å². The molecule has 22 heavy (non-hydrogen) atoms. The molecule has 2 atom stereocenters. The summed E-state index contributed by atoms with van der Waals surface area (Å²) in [5.41, 5.74) is 8.73. The summed E-state index contributed by atoms with van der Waals surface area (Å²) in [6.07, 6.45) is 3.63. The monoisotopic (exact) mass is 291 g/mol. The van der Waals surface area contributed by atoms with Crippen LogP contribution in [0, 0.1) is 0 Å². The zero-order chi connectivity index (χ0) is 14.8. The first-order chi connectivity index (χ1) is 10.7. The van der Waals surface area contributed by atoms with Crippen LogP contribution in [0.4, 0.5) is 0 Å². The van der Waals surface area contributed by atoms with E-state index in [1.54, 1.807) is 5.56 Å². The predicted octanol–water partition coefficient (Wildman–Crippen LogP) is 3.76. The Morgan fingerprint density at radius 1 is 1.05 bits per heavy atom. The normalized spacial score (nSPS) is 25.2. The summed E-state index contributed by atoms with van der Waals surface area (Å²) in [4.78, 5) is 2.52. The van der Waals surface area contributed by atoms with E-state index in [0.717, 1.165) is 31.6 Å². The lowest BCUT2D eigenvalue weighted by Gasteiger charge is -2.40. The second kappa shape index (κ2) is 4.36. The first-order valence-electron chi connectivity index (χ1n) is 8.36. The summed E-state index contributed by atoms with van der Waals surface area (Å²) < 4.78 is 6.20.